The molecule has 2 aliphatic rings. The van der Waals surface area contributed by atoms with Crippen molar-refractivity contribution in [3.8, 4) is 0 Å². The first-order valence-corrected chi connectivity index (χ1v) is 9.32. The second-order valence-corrected chi connectivity index (χ2v) is 7.16. The lowest BCUT2D eigenvalue weighted by atomic mass is 9.94. The molecule has 2 aromatic carbocycles. The molecule has 0 spiro atoms. The minimum absolute atomic E-state index is 0.149. The van der Waals surface area contributed by atoms with Gasteiger partial charge in [0.15, 0.2) is 0 Å². The molecule has 0 aromatic heterocycles. The van der Waals surface area contributed by atoms with E-state index in [1.54, 1.807) is 24.3 Å². The molecular formula is C21H22N2O3. The van der Waals surface area contributed by atoms with E-state index in [0.717, 1.165) is 36.0 Å². The Labute approximate surface area is 152 Å². The molecule has 3 amide bonds. The lowest BCUT2D eigenvalue weighted by Crippen LogP contribution is -2.48. The summed E-state index contributed by atoms with van der Waals surface area (Å²) in [5, 5.41) is 4.56. The van der Waals surface area contributed by atoms with Crippen LogP contribution in [0.2, 0.25) is 0 Å². The van der Waals surface area contributed by atoms with E-state index in [0.29, 0.717) is 16.5 Å². The highest BCUT2D eigenvalue weighted by molar-refractivity contribution is 6.26. The third-order valence-corrected chi connectivity index (χ3v) is 5.38. The Morgan fingerprint density at radius 3 is 2.08 bits per heavy atom. The molecule has 5 heteroatoms. The molecule has 1 N–H and O–H groups in total. The number of benzene rings is 2. The smallest absolute Gasteiger partial charge is 0.261 e. The Morgan fingerprint density at radius 2 is 1.50 bits per heavy atom. The molecule has 1 fully saturated rings. The second-order valence-electron chi connectivity index (χ2n) is 7.16. The highest BCUT2D eigenvalue weighted by Gasteiger charge is 2.34. The lowest BCUT2D eigenvalue weighted by Gasteiger charge is -2.27. The van der Waals surface area contributed by atoms with E-state index >= 15 is 0 Å². The van der Waals surface area contributed by atoms with Gasteiger partial charge in [-0.3, -0.25) is 19.3 Å². The van der Waals surface area contributed by atoms with Crippen LogP contribution in [-0.4, -0.2) is 35.2 Å². The normalized spacial score (nSPS) is 18.1. The summed E-state index contributed by atoms with van der Waals surface area (Å²) >= 11 is 0. The Hall–Kier alpha value is -2.69. The Bertz CT molecular complexity index is 831. The molecule has 0 unspecified atom stereocenters. The van der Waals surface area contributed by atoms with Crippen molar-refractivity contribution in [1.82, 2.24) is 10.2 Å². The van der Waals surface area contributed by atoms with Crippen LogP contribution in [0, 0.1) is 0 Å². The number of amides is 3. The first kappa shape index (κ1) is 16.8. The largest absolute Gasteiger partial charge is 0.352 e. The SMILES string of the molecule is O=C(CN1C(=O)c2cccc3cccc(c23)C1=O)NC1CCCCCC1. The fraction of sp³-hybridized carbons (Fsp3) is 0.381. The van der Waals surface area contributed by atoms with E-state index in [1.807, 2.05) is 12.1 Å². The van der Waals surface area contributed by atoms with Crippen molar-refractivity contribution < 1.29 is 14.4 Å². The number of nitrogens with zero attached hydrogens (tertiary/aromatic N) is 1. The molecule has 5 nitrogen and oxygen atoms in total. The van der Waals surface area contributed by atoms with Crippen molar-refractivity contribution in [1.29, 1.82) is 0 Å². The fourth-order valence-electron chi connectivity index (χ4n) is 4.06. The van der Waals surface area contributed by atoms with Crippen LogP contribution in [0.3, 0.4) is 0 Å². The summed E-state index contributed by atoms with van der Waals surface area (Å²) in [5.41, 5.74) is 0.972. The molecule has 1 saturated carbocycles. The molecule has 1 heterocycles. The van der Waals surface area contributed by atoms with Gasteiger partial charge in [-0.1, -0.05) is 49.9 Å². The summed E-state index contributed by atoms with van der Waals surface area (Å²) in [5.74, 6) is -1.05. The predicted molar refractivity (Wildman–Crippen MR) is 98.9 cm³/mol. The van der Waals surface area contributed by atoms with Crippen LogP contribution in [0.4, 0.5) is 0 Å². The summed E-state index contributed by atoms with van der Waals surface area (Å²) in [6.45, 7) is -0.223. The molecule has 1 aliphatic heterocycles. The van der Waals surface area contributed by atoms with E-state index < -0.39 is 11.8 Å². The van der Waals surface area contributed by atoms with Crippen molar-refractivity contribution in [2.24, 2.45) is 0 Å². The molecule has 4 rings (SSSR count). The van der Waals surface area contributed by atoms with Crippen LogP contribution in [0.5, 0.6) is 0 Å². The quantitative estimate of drug-likeness (QED) is 0.682. The maximum atomic E-state index is 12.8. The van der Waals surface area contributed by atoms with Gasteiger partial charge in [-0.15, -0.1) is 0 Å². The Balaban J connectivity index is 1.55. The third kappa shape index (κ3) is 2.98. The average molecular weight is 350 g/mol. The van der Waals surface area contributed by atoms with Crippen LogP contribution in [0.25, 0.3) is 10.8 Å². The molecule has 0 atom stereocenters. The zero-order valence-electron chi connectivity index (χ0n) is 14.7. The minimum Gasteiger partial charge on any atom is -0.352 e. The molecule has 0 saturated heterocycles. The number of hydrogen-bond acceptors (Lipinski definition) is 3. The summed E-state index contributed by atoms with van der Waals surface area (Å²) < 4.78 is 0. The number of rotatable bonds is 3. The van der Waals surface area contributed by atoms with Gasteiger partial charge in [-0.2, -0.15) is 0 Å². The first-order chi connectivity index (χ1) is 12.6. The van der Waals surface area contributed by atoms with Gasteiger partial charge in [-0.25, -0.2) is 0 Å². The highest BCUT2D eigenvalue weighted by atomic mass is 16.2. The van der Waals surface area contributed by atoms with Crippen molar-refractivity contribution in [2.75, 3.05) is 6.54 Å². The van der Waals surface area contributed by atoms with Gasteiger partial charge in [-0.05, 0) is 30.4 Å². The summed E-state index contributed by atoms with van der Waals surface area (Å²) in [6.07, 6.45) is 6.57. The standard InChI is InChI=1S/C21H22N2O3/c24-18(22-15-9-3-1-2-4-10-15)13-23-20(25)16-11-5-7-14-8-6-12-17(19(14)16)21(23)26/h5-8,11-12,15H,1-4,9-10,13H2,(H,22,24). The van der Waals surface area contributed by atoms with Crippen LogP contribution in [0.15, 0.2) is 36.4 Å². The van der Waals surface area contributed by atoms with Crippen molar-refractivity contribution >= 4 is 28.5 Å². The van der Waals surface area contributed by atoms with Gasteiger partial charge in [0, 0.05) is 22.6 Å². The van der Waals surface area contributed by atoms with Crippen LogP contribution >= 0.6 is 0 Å². The first-order valence-electron chi connectivity index (χ1n) is 9.32. The van der Waals surface area contributed by atoms with Gasteiger partial charge < -0.3 is 5.32 Å². The van der Waals surface area contributed by atoms with Crippen LogP contribution in [0.1, 0.15) is 59.2 Å². The predicted octanol–water partition coefficient (Wildman–Crippen LogP) is 3.27. The molecule has 2 aromatic rings. The molecule has 0 bridgehead atoms. The number of imide groups is 1. The highest BCUT2D eigenvalue weighted by Crippen LogP contribution is 2.29. The van der Waals surface area contributed by atoms with Crippen LogP contribution < -0.4 is 5.32 Å². The number of nitrogens with one attached hydrogen (secondary N) is 1. The van der Waals surface area contributed by atoms with Crippen molar-refractivity contribution in [3.63, 3.8) is 0 Å². The minimum atomic E-state index is -0.393. The van der Waals surface area contributed by atoms with Gasteiger partial charge >= 0.3 is 0 Å². The zero-order chi connectivity index (χ0) is 18.1. The van der Waals surface area contributed by atoms with E-state index in [1.165, 1.54) is 12.8 Å². The molecule has 26 heavy (non-hydrogen) atoms. The maximum Gasteiger partial charge on any atom is 0.261 e. The Kier molecular flexibility index (Phi) is 4.45. The third-order valence-electron chi connectivity index (χ3n) is 5.38. The van der Waals surface area contributed by atoms with Gasteiger partial charge in [0.25, 0.3) is 11.8 Å². The van der Waals surface area contributed by atoms with E-state index in [9.17, 15) is 14.4 Å². The molecule has 0 radical (unpaired) electrons. The lowest BCUT2D eigenvalue weighted by molar-refractivity contribution is -0.122. The topological polar surface area (TPSA) is 66.5 Å². The van der Waals surface area contributed by atoms with E-state index in [2.05, 4.69) is 5.32 Å². The number of carbonyl (C=O) groups is 3. The van der Waals surface area contributed by atoms with Crippen molar-refractivity contribution in [3.05, 3.63) is 47.5 Å². The molecule has 1 aliphatic carbocycles. The van der Waals surface area contributed by atoms with Gasteiger partial charge in [0.2, 0.25) is 5.91 Å². The second kappa shape index (κ2) is 6.90. The number of carbonyl (C=O) groups excluding carboxylic acids is 3. The van der Waals surface area contributed by atoms with Gasteiger partial charge in [0.05, 0.1) is 0 Å². The molecule has 134 valence electrons. The van der Waals surface area contributed by atoms with E-state index in [-0.39, 0.29) is 18.5 Å². The maximum absolute atomic E-state index is 12.8. The molecular weight excluding hydrogens is 328 g/mol. The summed E-state index contributed by atoms with van der Waals surface area (Å²) in [7, 11) is 0. The zero-order valence-corrected chi connectivity index (χ0v) is 14.7. The van der Waals surface area contributed by atoms with E-state index in [4.69, 9.17) is 0 Å². The number of hydrogen-bond donors (Lipinski definition) is 1. The average Bonchev–Trinajstić information content (AvgIpc) is 2.91. The van der Waals surface area contributed by atoms with Crippen molar-refractivity contribution in [2.45, 2.75) is 44.6 Å². The van der Waals surface area contributed by atoms with Crippen LogP contribution in [-0.2, 0) is 4.79 Å². The van der Waals surface area contributed by atoms with Gasteiger partial charge in [0.1, 0.15) is 6.54 Å². The fourth-order valence-corrected chi connectivity index (χ4v) is 4.06. The summed E-state index contributed by atoms with van der Waals surface area (Å²) in [4.78, 5) is 39.2. The monoisotopic (exact) mass is 350 g/mol. The summed E-state index contributed by atoms with van der Waals surface area (Å²) in [6, 6.07) is 11.0. The Morgan fingerprint density at radius 1 is 0.923 bits per heavy atom.